The average molecular weight is 293 g/mol. The fourth-order valence-corrected chi connectivity index (χ4v) is 1.94. The first-order chi connectivity index (χ1) is 10.6. The summed E-state index contributed by atoms with van der Waals surface area (Å²) in [5, 5.41) is 17.5. The lowest BCUT2D eigenvalue weighted by Gasteiger charge is -2.07. The number of ether oxygens (including phenoxy) is 1. The molecule has 1 N–H and O–H groups in total. The van der Waals surface area contributed by atoms with Crippen molar-refractivity contribution in [2.75, 3.05) is 0 Å². The number of carbonyl (C=O) groups is 1. The van der Waals surface area contributed by atoms with Crippen LogP contribution >= 0.6 is 0 Å². The van der Waals surface area contributed by atoms with Crippen LogP contribution in [0.3, 0.4) is 0 Å². The molecule has 0 saturated carbocycles. The van der Waals surface area contributed by atoms with Gasteiger partial charge in [0.05, 0.1) is 0 Å². The highest BCUT2D eigenvalue weighted by Gasteiger charge is 2.05. The second-order valence-electron chi connectivity index (χ2n) is 4.82. The molecule has 0 amide bonds. The number of carboxylic acid groups (broad SMARTS) is 1. The van der Waals surface area contributed by atoms with Crippen molar-refractivity contribution in [2.24, 2.45) is 0 Å². The molecule has 0 spiro atoms. The molecule has 0 heterocycles. The molecule has 0 aliphatic heterocycles. The summed E-state index contributed by atoms with van der Waals surface area (Å²) in [6.45, 7) is 2.50. The van der Waals surface area contributed by atoms with E-state index in [2.05, 4.69) is 6.07 Å². The molecule has 0 aliphatic carbocycles. The standard InChI is InChI=1S/C18H15NO3/c1-13-3-2-4-15(9-13)12-22-17-7-5-14(6-8-17)10-16(11-19)18(20)21/h2-10H,12H2,1H3,(H,20,21). The van der Waals surface area contributed by atoms with Crippen molar-refractivity contribution in [1.29, 1.82) is 5.26 Å². The summed E-state index contributed by atoms with van der Waals surface area (Å²) in [7, 11) is 0. The summed E-state index contributed by atoms with van der Waals surface area (Å²) in [5.41, 5.74) is 2.61. The summed E-state index contributed by atoms with van der Waals surface area (Å²) >= 11 is 0. The number of carboxylic acids is 1. The second kappa shape index (κ2) is 7.09. The highest BCUT2D eigenvalue weighted by atomic mass is 16.5. The van der Waals surface area contributed by atoms with E-state index in [1.807, 2.05) is 25.1 Å². The van der Waals surface area contributed by atoms with Crippen LogP contribution in [0.15, 0.2) is 54.1 Å². The van der Waals surface area contributed by atoms with Gasteiger partial charge in [-0.1, -0.05) is 42.0 Å². The predicted octanol–water partition coefficient (Wildman–Crippen LogP) is 3.57. The Morgan fingerprint density at radius 3 is 2.59 bits per heavy atom. The fraction of sp³-hybridized carbons (Fsp3) is 0.111. The maximum atomic E-state index is 10.8. The highest BCUT2D eigenvalue weighted by Crippen LogP contribution is 2.16. The van der Waals surface area contributed by atoms with Crippen LogP contribution in [0, 0.1) is 18.3 Å². The molecule has 0 aliphatic rings. The molecule has 4 heteroatoms. The van der Waals surface area contributed by atoms with Crippen LogP contribution in [0.2, 0.25) is 0 Å². The molecule has 0 atom stereocenters. The third-order valence-electron chi connectivity index (χ3n) is 3.03. The minimum absolute atomic E-state index is 0.298. The van der Waals surface area contributed by atoms with Crippen LogP contribution in [-0.2, 0) is 11.4 Å². The number of hydrogen-bond donors (Lipinski definition) is 1. The van der Waals surface area contributed by atoms with Crippen molar-refractivity contribution in [3.8, 4) is 11.8 Å². The molecule has 0 fully saturated rings. The third-order valence-corrected chi connectivity index (χ3v) is 3.03. The van der Waals surface area contributed by atoms with Crippen LogP contribution in [0.1, 0.15) is 16.7 Å². The Kier molecular flexibility index (Phi) is 4.94. The van der Waals surface area contributed by atoms with Gasteiger partial charge in [-0.2, -0.15) is 5.26 Å². The summed E-state index contributed by atoms with van der Waals surface area (Å²) < 4.78 is 5.68. The van der Waals surface area contributed by atoms with Crippen LogP contribution in [0.5, 0.6) is 5.75 Å². The zero-order chi connectivity index (χ0) is 15.9. The van der Waals surface area contributed by atoms with Gasteiger partial charge in [0.15, 0.2) is 0 Å². The van der Waals surface area contributed by atoms with Crippen LogP contribution in [-0.4, -0.2) is 11.1 Å². The lowest BCUT2D eigenvalue weighted by atomic mass is 10.1. The van der Waals surface area contributed by atoms with E-state index in [1.54, 1.807) is 30.3 Å². The van der Waals surface area contributed by atoms with Crippen LogP contribution in [0.4, 0.5) is 0 Å². The third kappa shape index (κ3) is 4.22. The lowest BCUT2D eigenvalue weighted by molar-refractivity contribution is -0.132. The topological polar surface area (TPSA) is 70.3 Å². The van der Waals surface area contributed by atoms with Crippen molar-refractivity contribution < 1.29 is 14.6 Å². The normalized spacial score (nSPS) is 10.8. The van der Waals surface area contributed by atoms with E-state index in [9.17, 15) is 4.79 Å². The van der Waals surface area contributed by atoms with Gasteiger partial charge < -0.3 is 9.84 Å². The minimum Gasteiger partial charge on any atom is -0.489 e. The number of aryl methyl sites for hydroxylation is 1. The summed E-state index contributed by atoms with van der Waals surface area (Å²) in [6.07, 6.45) is 1.33. The van der Waals surface area contributed by atoms with Gasteiger partial charge in [-0.3, -0.25) is 0 Å². The summed E-state index contributed by atoms with van der Waals surface area (Å²) in [4.78, 5) is 10.8. The first-order valence-electron chi connectivity index (χ1n) is 6.72. The van der Waals surface area contributed by atoms with Crippen molar-refractivity contribution in [3.63, 3.8) is 0 Å². The predicted molar refractivity (Wildman–Crippen MR) is 83.2 cm³/mol. The summed E-state index contributed by atoms with van der Waals surface area (Å²) in [5.74, 6) is -0.547. The molecule has 0 unspecified atom stereocenters. The zero-order valence-corrected chi connectivity index (χ0v) is 12.1. The van der Waals surface area contributed by atoms with Crippen molar-refractivity contribution in [1.82, 2.24) is 0 Å². The fourth-order valence-electron chi connectivity index (χ4n) is 1.94. The molecule has 2 aromatic carbocycles. The van der Waals surface area contributed by atoms with Crippen molar-refractivity contribution in [3.05, 3.63) is 70.8 Å². The van der Waals surface area contributed by atoms with Crippen molar-refractivity contribution >= 4 is 12.0 Å². The lowest BCUT2D eigenvalue weighted by Crippen LogP contribution is -1.97. The maximum absolute atomic E-state index is 10.8. The molecule has 4 nitrogen and oxygen atoms in total. The first-order valence-corrected chi connectivity index (χ1v) is 6.72. The Morgan fingerprint density at radius 1 is 1.27 bits per heavy atom. The monoisotopic (exact) mass is 293 g/mol. The minimum atomic E-state index is -1.23. The maximum Gasteiger partial charge on any atom is 0.346 e. The second-order valence-corrected chi connectivity index (χ2v) is 4.82. The van der Waals surface area contributed by atoms with Crippen LogP contribution in [0.25, 0.3) is 6.08 Å². The molecule has 2 aromatic rings. The largest absolute Gasteiger partial charge is 0.489 e. The van der Waals surface area contributed by atoms with Crippen molar-refractivity contribution in [2.45, 2.75) is 13.5 Å². The first kappa shape index (κ1) is 15.3. The zero-order valence-electron chi connectivity index (χ0n) is 12.1. The number of nitriles is 1. The quantitative estimate of drug-likeness (QED) is 0.676. The SMILES string of the molecule is Cc1cccc(COc2ccc(C=C(C#N)C(=O)O)cc2)c1. The van der Waals surface area contributed by atoms with E-state index >= 15 is 0 Å². The van der Waals surface area contributed by atoms with E-state index in [4.69, 9.17) is 15.1 Å². The Morgan fingerprint density at radius 2 is 2.00 bits per heavy atom. The van der Waals surface area contributed by atoms with Gasteiger partial charge in [-0.15, -0.1) is 0 Å². The molecule has 0 aromatic heterocycles. The van der Waals surface area contributed by atoms with Gasteiger partial charge in [-0.25, -0.2) is 4.79 Å². The van der Waals surface area contributed by atoms with Gasteiger partial charge in [0.25, 0.3) is 0 Å². The molecule has 110 valence electrons. The van der Waals surface area contributed by atoms with E-state index < -0.39 is 5.97 Å². The van der Waals surface area contributed by atoms with E-state index in [0.29, 0.717) is 17.9 Å². The number of aliphatic carboxylic acids is 1. The molecule has 0 bridgehead atoms. The highest BCUT2D eigenvalue weighted by molar-refractivity contribution is 5.96. The summed E-state index contributed by atoms with van der Waals surface area (Å²) in [6, 6.07) is 16.6. The number of benzene rings is 2. The van der Waals surface area contributed by atoms with E-state index in [1.165, 1.54) is 11.6 Å². The van der Waals surface area contributed by atoms with Gasteiger partial charge in [-0.05, 0) is 36.3 Å². The smallest absolute Gasteiger partial charge is 0.346 e. The van der Waals surface area contributed by atoms with Gasteiger partial charge >= 0.3 is 5.97 Å². The number of nitrogens with zero attached hydrogens (tertiary/aromatic N) is 1. The number of hydrogen-bond acceptors (Lipinski definition) is 3. The molecule has 0 radical (unpaired) electrons. The molecular formula is C18H15NO3. The Labute approximate surface area is 128 Å². The Hall–Kier alpha value is -3.06. The Bertz CT molecular complexity index is 740. The van der Waals surface area contributed by atoms with Crippen LogP contribution < -0.4 is 4.74 Å². The Balaban J connectivity index is 2.03. The van der Waals surface area contributed by atoms with Gasteiger partial charge in [0.1, 0.15) is 24.0 Å². The molecular weight excluding hydrogens is 278 g/mol. The van der Waals surface area contributed by atoms with E-state index in [-0.39, 0.29) is 5.57 Å². The molecule has 2 rings (SSSR count). The molecule has 22 heavy (non-hydrogen) atoms. The average Bonchev–Trinajstić information content (AvgIpc) is 2.51. The van der Waals surface area contributed by atoms with E-state index in [0.717, 1.165) is 5.56 Å². The van der Waals surface area contributed by atoms with Gasteiger partial charge in [0.2, 0.25) is 0 Å². The van der Waals surface area contributed by atoms with Gasteiger partial charge in [0, 0.05) is 0 Å². The number of rotatable bonds is 5. The molecule has 0 saturated heterocycles.